The van der Waals surface area contributed by atoms with Gasteiger partial charge in [-0.3, -0.25) is 0 Å². The van der Waals surface area contributed by atoms with E-state index in [1.54, 1.807) is 0 Å². The minimum Gasteiger partial charge on any atom is -0.400 e. The van der Waals surface area contributed by atoms with Crippen molar-refractivity contribution in [2.45, 2.75) is 19.1 Å². The molecule has 1 nitrogen and oxygen atoms in total. The maximum Gasteiger partial charge on any atom is 0.0815 e. The molecule has 0 aromatic heterocycles. The highest BCUT2D eigenvalue weighted by Crippen LogP contribution is 2.10. The average Bonchev–Trinajstić information content (AvgIpc) is 2.06. The molecule has 0 atom stereocenters. The third-order valence-electron chi connectivity index (χ3n) is 1.95. The highest BCUT2D eigenvalue weighted by atomic mass is 28.3. The summed E-state index contributed by atoms with van der Waals surface area (Å²) in [6.45, 7) is 4.42. The predicted octanol–water partition coefficient (Wildman–Crippen LogP) is 2.01. The van der Waals surface area contributed by atoms with Crippen LogP contribution in [0.1, 0.15) is 5.56 Å². The summed E-state index contributed by atoms with van der Waals surface area (Å²) >= 11 is 0. The molecule has 0 unspecified atom stereocenters. The van der Waals surface area contributed by atoms with Gasteiger partial charge in [-0.25, -0.2) is 0 Å². The van der Waals surface area contributed by atoms with Crippen LogP contribution in [0.15, 0.2) is 30.3 Å². The molecular weight excluding hydrogens is 164 g/mol. The fraction of sp³-hybridized carbons (Fsp3) is 0.400. The second-order valence-electron chi connectivity index (χ2n) is 3.98. The normalized spacial score (nSPS) is 11.6. The monoisotopic (exact) mass is 180 g/mol. The van der Waals surface area contributed by atoms with Crippen LogP contribution in [-0.4, -0.2) is 19.4 Å². The van der Waals surface area contributed by atoms with Crippen LogP contribution in [0.25, 0.3) is 0 Å². The van der Waals surface area contributed by atoms with Crippen molar-refractivity contribution >= 4 is 8.07 Å². The van der Waals surface area contributed by atoms with Crippen LogP contribution >= 0.6 is 0 Å². The van der Waals surface area contributed by atoms with Gasteiger partial charge in [-0.1, -0.05) is 49.0 Å². The molecule has 1 aromatic carbocycles. The summed E-state index contributed by atoms with van der Waals surface area (Å²) < 4.78 is 0. The lowest BCUT2D eigenvalue weighted by Crippen LogP contribution is -2.34. The highest BCUT2D eigenvalue weighted by Gasteiger charge is 2.19. The van der Waals surface area contributed by atoms with Crippen molar-refractivity contribution in [1.82, 2.24) is 0 Å². The van der Waals surface area contributed by atoms with Gasteiger partial charge in [0.15, 0.2) is 0 Å². The Labute approximate surface area is 75.1 Å². The minimum atomic E-state index is -1.36. The molecule has 0 fully saturated rings. The molecule has 0 amide bonds. The van der Waals surface area contributed by atoms with Crippen LogP contribution in [0.5, 0.6) is 0 Å². The van der Waals surface area contributed by atoms with E-state index in [1.165, 1.54) is 5.56 Å². The van der Waals surface area contributed by atoms with Crippen molar-refractivity contribution in [3.63, 3.8) is 0 Å². The number of rotatable bonds is 3. The number of aliphatic hydroxyl groups is 1. The van der Waals surface area contributed by atoms with Gasteiger partial charge in [-0.15, -0.1) is 0 Å². The Kier molecular flexibility index (Phi) is 3.06. The highest BCUT2D eigenvalue weighted by molar-refractivity contribution is 6.76. The van der Waals surface area contributed by atoms with E-state index in [0.717, 1.165) is 6.04 Å². The fourth-order valence-corrected chi connectivity index (χ4v) is 2.66. The standard InChI is InChI=1S/C10H16OSi/c1-12(2,9-11)8-10-6-4-3-5-7-10/h3-7,11H,8-9H2,1-2H3. The lowest BCUT2D eigenvalue weighted by atomic mass is 10.2. The van der Waals surface area contributed by atoms with Crippen molar-refractivity contribution in [2.75, 3.05) is 6.23 Å². The van der Waals surface area contributed by atoms with Crippen LogP contribution in [0.4, 0.5) is 0 Å². The summed E-state index contributed by atoms with van der Waals surface area (Å²) in [7, 11) is -1.36. The molecule has 1 rings (SSSR count). The van der Waals surface area contributed by atoms with Gasteiger partial charge >= 0.3 is 0 Å². The first-order valence-electron chi connectivity index (χ1n) is 4.29. The molecule has 12 heavy (non-hydrogen) atoms. The summed E-state index contributed by atoms with van der Waals surface area (Å²) in [5, 5.41) is 9.12. The number of hydrogen-bond acceptors (Lipinski definition) is 1. The van der Waals surface area contributed by atoms with E-state index in [1.807, 2.05) is 6.07 Å². The zero-order valence-electron chi connectivity index (χ0n) is 7.75. The van der Waals surface area contributed by atoms with Gasteiger partial charge in [0.05, 0.1) is 8.07 Å². The molecule has 0 heterocycles. The zero-order chi connectivity index (χ0) is 9.03. The van der Waals surface area contributed by atoms with Crippen LogP contribution in [0.3, 0.4) is 0 Å². The van der Waals surface area contributed by atoms with Crippen LogP contribution < -0.4 is 0 Å². The lowest BCUT2D eigenvalue weighted by Gasteiger charge is -2.18. The first-order valence-corrected chi connectivity index (χ1v) is 7.70. The van der Waals surface area contributed by atoms with Gasteiger partial charge in [0.2, 0.25) is 0 Å². The van der Waals surface area contributed by atoms with Crippen molar-refractivity contribution in [1.29, 1.82) is 0 Å². The second-order valence-corrected chi connectivity index (χ2v) is 8.98. The molecule has 0 radical (unpaired) electrons. The summed E-state index contributed by atoms with van der Waals surface area (Å²) in [6.07, 6.45) is 0.377. The van der Waals surface area contributed by atoms with E-state index in [0.29, 0.717) is 6.23 Å². The maximum absolute atomic E-state index is 9.12. The molecule has 1 N–H and O–H groups in total. The van der Waals surface area contributed by atoms with Gasteiger partial charge in [0, 0.05) is 6.23 Å². The van der Waals surface area contributed by atoms with Crippen molar-refractivity contribution in [3.05, 3.63) is 35.9 Å². The van der Waals surface area contributed by atoms with Crippen molar-refractivity contribution in [3.8, 4) is 0 Å². The van der Waals surface area contributed by atoms with Crippen molar-refractivity contribution in [2.24, 2.45) is 0 Å². The summed E-state index contributed by atoms with van der Waals surface area (Å²) in [4.78, 5) is 0. The van der Waals surface area contributed by atoms with E-state index in [2.05, 4.69) is 37.4 Å². The third-order valence-corrected chi connectivity index (χ3v) is 4.17. The second kappa shape index (κ2) is 3.87. The molecule has 0 saturated carbocycles. The van der Waals surface area contributed by atoms with Crippen LogP contribution in [0.2, 0.25) is 13.1 Å². The first-order chi connectivity index (χ1) is 5.64. The fourth-order valence-electron chi connectivity index (χ4n) is 1.20. The summed E-state index contributed by atoms with van der Waals surface area (Å²) in [5.41, 5.74) is 1.35. The predicted molar refractivity (Wildman–Crippen MR) is 54.7 cm³/mol. The van der Waals surface area contributed by atoms with Gasteiger partial charge in [-0.2, -0.15) is 0 Å². The minimum absolute atomic E-state index is 0.377. The average molecular weight is 180 g/mol. The van der Waals surface area contributed by atoms with Gasteiger partial charge in [0.1, 0.15) is 0 Å². The molecule has 0 saturated heterocycles. The summed E-state index contributed by atoms with van der Waals surface area (Å²) in [5.74, 6) is 0. The molecule has 1 aromatic rings. The lowest BCUT2D eigenvalue weighted by molar-refractivity contribution is 0.357. The third kappa shape index (κ3) is 2.79. The number of aliphatic hydroxyl groups excluding tert-OH is 1. The Hall–Kier alpha value is -0.603. The van der Waals surface area contributed by atoms with E-state index in [4.69, 9.17) is 5.11 Å². The van der Waals surface area contributed by atoms with E-state index in [-0.39, 0.29) is 0 Å². The van der Waals surface area contributed by atoms with Crippen LogP contribution in [-0.2, 0) is 6.04 Å². The first kappa shape index (κ1) is 9.48. The van der Waals surface area contributed by atoms with Crippen LogP contribution in [0, 0.1) is 0 Å². The topological polar surface area (TPSA) is 20.2 Å². The van der Waals surface area contributed by atoms with E-state index < -0.39 is 8.07 Å². The molecular formula is C10H16OSi. The maximum atomic E-state index is 9.12. The SMILES string of the molecule is C[Si](C)(CO)Cc1ccccc1. The Morgan fingerprint density at radius 2 is 1.75 bits per heavy atom. The number of benzene rings is 1. The Balaban J connectivity index is 2.64. The largest absolute Gasteiger partial charge is 0.400 e. The molecule has 0 bridgehead atoms. The van der Waals surface area contributed by atoms with Gasteiger partial charge in [0.25, 0.3) is 0 Å². The Morgan fingerprint density at radius 3 is 2.25 bits per heavy atom. The Morgan fingerprint density at radius 1 is 1.17 bits per heavy atom. The molecule has 2 heteroatoms. The zero-order valence-corrected chi connectivity index (χ0v) is 8.75. The van der Waals surface area contributed by atoms with E-state index >= 15 is 0 Å². The molecule has 66 valence electrons. The molecule has 0 aliphatic heterocycles. The number of hydrogen-bond donors (Lipinski definition) is 1. The Bertz CT molecular complexity index is 231. The van der Waals surface area contributed by atoms with Crippen molar-refractivity contribution < 1.29 is 5.11 Å². The smallest absolute Gasteiger partial charge is 0.0815 e. The molecule has 0 aliphatic rings. The van der Waals surface area contributed by atoms with Gasteiger partial charge in [-0.05, 0) is 6.04 Å². The molecule has 0 aliphatic carbocycles. The molecule has 0 spiro atoms. The summed E-state index contributed by atoms with van der Waals surface area (Å²) in [6, 6.07) is 11.5. The quantitative estimate of drug-likeness (QED) is 0.705. The van der Waals surface area contributed by atoms with E-state index in [9.17, 15) is 0 Å². The van der Waals surface area contributed by atoms with Gasteiger partial charge < -0.3 is 5.11 Å².